The van der Waals surface area contributed by atoms with Crippen molar-refractivity contribution in [1.29, 1.82) is 0 Å². The lowest BCUT2D eigenvalue weighted by Gasteiger charge is -2.58. The molecule has 8 atom stereocenters. The van der Waals surface area contributed by atoms with Crippen LogP contribution in [0.4, 0.5) is 0 Å². The van der Waals surface area contributed by atoms with E-state index >= 15 is 0 Å². The van der Waals surface area contributed by atoms with Crippen molar-refractivity contribution in [1.82, 2.24) is 0 Å². The van der Waals surface area contributed by atoms with Crippen molar-refractivity contribution in [3.63, 3.8) is 0 Å². The molecule has 0 saturated heterocycles. The van der Waals surface area contributed by atoms with Crippen molar-refractivity contribution in [3.05, 3.63) is 11.6 Å². The lowest BCUT2D eigenvalue weighted by atomic mass is 9.47. The first-order valence-electron chi connectivity index (χ1n) is 16.9. The minimum Gasteiger partial charge on any atom is -0.378 e. The molecule has 0 radical (unpaired) electrons. The molecule has 0 unspecified atom stereocenters. The van der Waals surface area contributed by atoms with Gasteiger partial charge in [0.25, 0.3) is 0 Å². The predicted octanol–water partition coefficient (Wildman–Crippen LogP) is 8.90. The monoisotopic (exact) mass is 672 g/mol. The predicted molar refractivity (Wildman–Crippen MR) is 174 cm³/mol. The second-order valence-corrected chi connectivity index (χ2v) is 15.6. The SMILES string of the molecule is CC(C)CCC[C@@H](C)[C@H]1CC[C@H]2[C@@H]3CC=C4C[C@H](OCCOCCOCCOCCI)CC[C@]4(C)[C@H]3CC[C@]12C. The van der Waals surface area contributed by atoms with Gasteiger partial charge in [-0.15, -0.1) is 0 Å². The van der Waals surface area contributed by atoms with Crippen LogP contribution in [-0.2, 0) is 18.9 Å². The molecule has 5 heteroatoms. The molecule has 4 aliphatic carbocycles. The summed E-state index contributed by atoms with van der Waals surface area (Å²) in [6, 6.07) is 0. The van der Waals surface area contributed by atoms with E-state index in [1.165, 1.54) is 64.2 Å². The van der Waals surface area contributed by atoms with Crippen LogP contribution in [0, 0.1) is 46.3 Å². The number of fused-ring (bicyclic) bond motifs is 5. The van der Waals surface area contributed by atoms with Gasteiger partial charge >= 0.3 is 0 Å². The standard InChI is InChI=1S/C35H61IO4/c1-26(2)7-6-8-27(3)31-11-12-32-30-10-9-28-25-29(13-15-34(28,4)33(30)14-16-35(31,32)5)40-24-23-39-22-21-38-20-19-37-18-17-36/h9,26-27,29-33H,6-8,10-25H2,1-5H3/t27-,29-,30+,31-,32+,33+,34+,35-/m1/s1. The van der Waals surface area contributed by atoms with Gasteiger partial charge in [0.2, 0.25) is 0 Å². The summed E-state index contributed by atoms with van der Waals surface area (Å²) in [5, 5.41) is 0. The number of alkyl halides is 1. The Morgan fingerprint density at radius 3 is 2.23 bits per heavy atom. The van der Waals surface area contributed by atoms with E-state index in [-0.39, 0.29) is 0 Å². The van der Waals surface area contributed by atoms with Crippen LogP contribution >= 0.6 is 22.6 Å². The van der Waals surface area contributed by atoms with Gasteiger partial charge in [-0.05, 0) is 97.7 Å². The van der Waals surface area contributed by atoms with Gasteiger partial charge in [-0.1, -0.05) is 88.1 Å². The topological polar surface area (TPSA) is 36.9 Å². The third-order valence-corrected chi connectivity index (χ3v) is 12.2. The van der Waals surface area contributed by atoms with E-state index in [9.17, 15) is 0 Å². The van der Waals surface area contributed by atoms with E-state index in [1.807, 2.05) is 0 Å². The fraction of sp³-hybridized carbons (Fsp3) is 0.943. The molecular formula is C35H61IO4. The van der Waals surface area contributed by atoms with Crippen LogP contribution in [0.5, 0.6) is 0 Å². The van der Waals surface area contributed by atoms with E-state index in [0.717, 1.165) is 53.0 Å². The smallest absolute Gasteiger partial charge is 0.0704 e. The van der Waals surface area contributed by atoms with Crippen molar-refractivity contribution in [2.24, 2.45) is 46.3 Å². The number of hydrogen-bond donors (Lipinski definition) is 0. The molecule has 0 aliphatic heterocycles. The highest BCUT2D eigenvalue weighted by Crippen LogP contribution is 2.67. The Morgan fingerprint density at radius 2 is 1.52 bits per heavy atom. The van der Waals surface area contributed by atoms with E-state index in [0.29, 0.717) is 56.6 Å². The van der Waals surface area contributed by atoms with Crippen LogP contribution in [-0.4, -0.2) is 56.8 Å². The molecule has 3 fully saturated rings. The summed E-state index contributed by atoms with van der Waals surface area (Å²) in [4.78, 5) is 0. The molecule has 3 saturated carbocycles. The van der Waals surface area contributed by atoms with Crippen LogP contribution < -0.4 is 0 Å². The highest BCUT2D eigenvalue weighted by molar-refractivity contribution is 14.1. The number of allylic oxidation sites excluding steroid dienone is 1. The Bertz CT molecular complexity index is 785. The maximum Gasteiger partial charge on any atom is 0.0704 e. The normalized spacial score (nSPS) is 36.2. The van der Waals surface area contributed by atoms with Crippen molar-refractivity contribution in [2.75, 3.05) is 50.7 Å². The number of hydrogen-bond acceptors (Lipinski definition) is 4. The third kappa shape index (κ3) is 8.07. The molecule has 0 aromatic carbocycles. The fourth-order valence-electron chi connectivity index (χ4n) is 9.66. The molecule has 4 nitrogen and oxygen atoms in total. The summed E-state index contributed by atoms with van der Waals surface area (Å²) in [7, 11) is 0. The Labute approximate surface area is 260 Å². The molecule has 4 rings (SSSR count). The van der Waals surface area contributed by atoms with Gasteiger partial charge in [0, 0.05) is 4.43 Å². The lowest BCUT2D eigenvalue weighted by Crippen LogP contribution is -2.51. The first kappa shape index (κ1) is 33.2. The van der Waals surface area contributed by atoms with Crippen LogP contribution in [0.15, 0.2) is 11.6 Å². The summed E-state index contributed by atoms with van der Waals surface area (Å²) in [6.07, 6.45) is 18.2. The number of ether oxygens (including phenoxy) is 4. The quantitative estimate of drug-likeness (QED) is 0.0670. The highest BCUT2D eigenvalue weighted by atomic mass is 127. The second kappa shape index (κ2) is 15.9. The molecule has 0 heterocycles. The van der Waals surface area contributed by atoms with E-state index in [1.54, 1.807) is 5.57 Å². The molecule has 0 aromatic heterocycles. The third-order valence-electron chi connectivity index (χ3n) is 11.8. The van der Waals surface area contributed by atoms with Crippen molar-refractivity contribution in [2.45, 2.75) is 111 Å². The van der Waals surface area contributed by atoms with E-state index in [4.69, 9.17) is 18.9 Å². The number of halogens is 1. The average molecular weight is 673 g/mol. The maximum atomic E-state index is 6.33. The zero-order valence-corrected chi connectivity index (χ0v) is 28.7. The Balaban J connectivity index is 1.21. The van der Waals surface area contributed by atoms with E-state index in [2.05, 4.69) is 63.3 Å². The maximum absolute atomic E-state index is 6.33. The summed E-state index contributed by atoms with van der Waals surface area (Å²) < 4.78 is 24.1. The van der Waals surface area contributed by atoms with Gasteiger partial charge in [-0.25, -0.2) is 0 Å². The zero-order chi connectivity index (χ0) is 28.6. The molecule has 232 valence electrons. The number of rotatable bonds is 17. The highest BCUT2D eigenvalue weighted by Gasteiger charge is 2.59. The average Bonchev–Trinajstić information content (AvgIpc) is 3.29. The Hall–Kier alpha value is 0.310. The minimum atomic E-state index is 0.363. The fourth-order valence-corrected chi connectivity index (χ4v) is 9.98. The molecule has 0 N–H and O–H groups in total. The van der Waals surface area contributed by atoms with Crippen molar-refractivity contribution >= 4 is 22.6 Å². The molecule has 0 amide bonds. The van der Waals surface area contributed by atoms with Gasteiger partial charge in [0.05, 0.1) is 52.4 Å². The first-order chi connectivity index (χ1) is 19.3. The summed E-state index contributed by atoms with van der Waals surface area (Å²) in [5.74, 6) is 5.42. The van der Waals surface area contributed by atoms with Gasteiger partial charge < -0.3 is 18.9 Å². The summed E-state index contributed by atoms with van der Waals surface area (Å²) in [5.41, 5.74) is 2.71. The summed E-state index contributed by atoms with van der Waals surface area (Å²) in [6.45, 7) is 17.4. The largest absolute Gasteiger partial charge is 0.378 e. The van der Waals surface area contributed by atoms with Gasteiger partial charge in [0.1, 0.15) is 0 Å². The molecule has 4 aliphatic rings. The molecule has 0 bridgehead atoms. The Morgan fingerprint density at radius 1 is 0.825 bits per heavy atom. The van der Waals surface area contributed by atoms with Crippen molar-refractivity contribution in [3.8, 4) is 0 Å². The van der Waals surface area contributed by atoms with Crippen LogP contribution in [0.3, 0.4) is 0 Å². The summed E-state index contributed by atoms with van der Waals surface area (Å²) >= 11 is 2.32. The minimum absolute atomic E-state index is 0.363. The van der Waals surface area contributed by atoms with Gasteiger partial charge in [-0.2, -0.15) is 0 Å². The first-order valence-corrected chi connectivity index (χ1v) is 18.4. The van der Waals surface area contributed by atoms with Crippen LogP contribution in [0.1, 0.15) is 105 Å². The lowest BCUT2D eigenvalue weighted by molar-refractivity contribution is -0.0691. The second-order valence-electron chi connectivity index (χ2n) is 14.6. The van der Waals surface area contributed by atoms with Crippen molar-refractivity contribution < 1.29 is 18.9 Å². The van der Waals surface area contributed by atoms with Crippen LogP contribution in [0.25, 0.3) is 0 Å². The van der Waals surface area contributed by atoms with E-state index < -0.39 is 0 Å². The molecular weight excluding hydrogens is 611 g/mol. The van der Waals surface area contributed by atoms with Gasteiger partial charge in [-0.3, -0.25) is 0 Å². The molecule has 0 spiro atoms. The Kier molecular flexibility index (Phi) is 13.2. The molecule has 0 aromatic rings. The van der Waals surface area contributed by atoms with Gasteiger partial charge in [0.15, 0.2) is 0 Å². The van der Waals surface area contributed by atoms with Crippen LogP contribution in [0.2, 0.25) is 0 Å². The molecule has 40 heavy (non-hydrogen) atoms. The zero-order valence-electron chi connectivity index (χ0n) is 26.6.